The molecule has 2 aliphatic heterocycles. The highest BCUT2D eigenvalue weighted by atomic mass is 19.1. The van der Waals surface area contributed by atoms with Gasteiger partial charge in [0, 0.05) is 35.5 Å². The smallest absolute Gasteiger partial charge is 0.166 e. The molecular formula is C26H25FN2O3. The van der Waals surface area contributed by atoms with Gasteiger partial charge in [0.15, 0.2) is 17.6 Å². The van der Waals surface area contributed by atoms with Crippen LogP contribution < -0.4 is 4.74 Å². The lowest BCUT2D eigenvalue weighted by Gasteiger charge is -2.62. The molecule has 6 heteroatoms. The molecule has 1 saturated carbocycles. The summed E-state index contributed by atoms with van der Waals surface area (Å²) in [6.07, 6.45) is 4.13. The predicted octanol–water partition coefficient (Wildman–Crippen LogP) is 3.71. The Morgan fingerprint density at radius 3 is 2.94 bits per heavy atom. The molecular weight excluding hydrogens is 407 g/mol. The van der Waals surface area contributed by atoms with E-state index in [0.29, 0.717) is 12.2 Å². The van der Waals surface area contributed by atoms with Crippen LogP contribution in [0.1, 0.15) is 47.8 Å². The van der Waals surface area contributed by atoms with Crippen LogP contribution in [0, 0.1) is 11.7 Å². The zero-order valence-corrected chi connectivity index (χ0v) is 17.7. The average molecular weight is 432 g/mol. The normalized spacial score (nSPS) is 34.3. The van der Waals surface area contributed by atoms with Crippen molar-refractivity contribution in [3.05, 3.63) is 58.5 Å². The third kappa shape index (κ3) is 1.90. The fourth-order valence-electron chi connectivity index (χ4n) is 7.59. The largest absolute Gasteiger partial charge is 0.504 e. The average Bonchev–Trinajstić information content (AvgIpc) is 3.41. The first-order chi connectivity index (χ1) is 15.5. The molecule has 2 bridgehead atoms. The summed E-state index contributed by atoms with van der Waals surface area (Å²) in [5.41, 5.74) is 3.29. The zero-order valence-electron chi connectivity index (χ0n) is 17.7. The highest BCUT2D eigenvalue weighted by Gasteiger charge is 2.72. The molecule has 2 fully saturated rings. The van der Waals surface area contributed by atoms with Crippen molar-refractivity contribution in [2.75, 3.05) is 13.1 Å². The molecule has 1 aromatic heterocycles. The van der Waals surface area contributed by atoms with E-state index >= 15 is 0 Å². The maximum absolute atomic E-state index is 14.2. The van der Waals surface area contributed by atoms with Crippen molar-refractivity contribution in [1.29, 1.82) is 0 Å². The number of H-pyrrole nitrogens is 1. The number of likely N-dealkylation sites (tertiary alicyclic amines) is 1. The molecule has 1 saturated heterocycles. The second-order valence-electron chi connectivity index (χ2n) is 10.6. The van der Waals surface area contributed by atoms with Crippen LogP contribution in [0.15, 0.2) is 30.3 Å². The molecule has 164 valence electrons. The van der Waals surface area contributed by atoms with Gasteiger partial charge < -0.3 is 19.9 Å². The molecule has 32 heavy (non-hydrogen) atoms. The predicted molar refractivity (Wildman–Crippen MR) is 116 cm³/mol. The monoisotopic (exact) mass is 432 g/mol. The minimum Gasteiger partial charge on any atom is -0.504 e. The van der Waals surface area contributed by atoms with Crippen LogP contribution in [0.3, 0.4) is 0 Å². The summed E-state index contributed by atoms with van der Waals surface area (Å²) in [5.74, 6) is 1.12. The third-order valence-electron chi connectivity index (χ3n) is 9.12. The number of aliphatic hydroxyl groups is 1. The first kappa shape index (κ1) is 17.9. The molecule has 4 atom stereocenters. The summed E-state index contributed by atoms with van der Waals surface area (Å²) in [6, 6.07) is 8.54. The second kappa shape index (κ2) is 5.49. The van der Waals surface area contributed by atoms with Crippen molar-refractivity contribution in [2.45, 2.75) is 55.3 Å². The number of aromatic nitrogens is 1. The Kier molecular flexibility index (Phi) is 3.07. The molecule has 5 aliphatic rings. The number of fused-ring (bicyclic) bond motifs is 4. The van der Waals surface area contributed by atoms with Crippen molar-refractivity contribution >= 4 is 10.9 Å². The highest BCUT2D eigenvalue weighted by Crippen LogP contribution is 2.69. The van der Waals surface area contributed by atoms with Gasteiger partial charge in [-0.3, -0.25) is 4.90 Å². The van der Waals surface area contributed by atoms with Gasteiger partial charge in [-0.15, -0.1) is 0 Å². The van der Waals surface area contributed by atoms with Gasteiger partial charge in [0.1, 0.15) is 5.82 Å². The minimum absolute atomic E-state index is 0.0161. The van der Waals surface area contributed by atoms with Crippen molar-refractivity contribution in [3.63, 3.8) is 0 Å². The van der Waals surface area contributed by atoms with Crippen LogP contribution in [0.25, 0.3) is 10.9 Å². The van der Waals surface area contributed by atoms with E-state index in [1.54, 1.807) is 18.2 Å². The summed E-state index contributed by atoms with van der Waals surface area (Å²) >= 11 is 0. The van der Waals surface area contributed by atoms with Crippen molar-refractivity contribution in [2.24, 2.45) is 5.92 Å². The van der Waals surface area contributed by atoms with E-state index < -0.39 is 17.1 Å². The van der Waals surface area contributed by atoms with E-state index in [4.69, 9.17) is 4.74 Å². The lowest BCUT2D eigenvalue weighted by atomic mass is 9.49. The quantitative estimate of drug-likeness (QED) is 0.578. The van der Waals surface area contributed by atoms with Crippen LogP contribution in [-0.4, -0.2) is 44.8 Å². The maximum atomic E-state index is 14.2. The van der Waals surface area contributed by atoms with Crippen LogP contribution in [0.4, 0.5) is 4.39 Å². The summed E-state index contributed by atoms with van der Waals surface area (Å²) < 4.78 is 20.7. The number of aromatic hydroxyl groups is 1. The Balaban J connectivity index is 1.42. The lowest BCUT2D eigenvalue weighted by Crippen LogP contribution is -2.74. The van der Waals surface area contributed by atoms with Crippen LogP contribution >= 0.6 is 0 Å². The Bertz CT molecular complexity index is 1330. The number of phenols is 1. The van der Waals surface area contributed by atoms with E-state index in [1.165, 1.54) is 24.5 Å². The Labute approximate surface area is 184 Å². The molecule has 3 aromatic rings. The Morgan fingerprint density at radius 2 is 2.09 bits per heavy atom. The number of piperidine rings is 1. The number of benzene rings is 2. The fourth-order valence-corrected chi connectivity index (χ4v) is 7.59. The number of nitrogens with one attached hydrogen (secondary N) is 1. The topological polar surface area (TPSA) is 68.7 Å². The number of ether oxygens (including phenoxy) is 1. The first-order valence-electron chi connectivity index (χ1n) is 11.8. The van der Waals surface area contributed by atoms with Crippen molar-refractivity contribution in [1.82, 2.24) is 9.88 Å². The summed E-state index contributed by atoms with van der Waals surface area (Å²) in [7, 11) is 0. The number of halogens is 1. The van der Waals surface area contributed by atoms with E-state index in [1.807, 2.05) is 6.07 Å². The first-order valence-corrected chi connectivity index (χ1v) is 11.8. The number of aromatic amines is 1. The van der Waals surface area contributed by atoms with E-state index in [2.05, 4.69) is 9.88 Å². The standard InChI is InChI=1S/C26H25FN2O3/c27-15-4-5-18-16(10-15)17-11-26(31)20-9-14-3-6-19(30)23-21(14)25(26,24(32-23)22(17)28-18)7-8-29(20)12-13-1-2-13/h3-6,10,13,20,24,28,30-31H,1-2,7-9,11-12H2/t20-,24+,25+,26-/m1/s1. The van der Waals surface area contributed by atoms with Crippen LogP contribution in [0.2, 0.25) is 0 Å². The molecule has 3 heterocycles. The van der Waals surface area contributed by atoms with Gasteiger partial charge in [0.25, 0.3) is 0 Å². The number of nitrogens with zero attached hydrogens (tertiary/aromatic N) is 1. The van der Waals surface area contributed by atoms with Crippen molar-refractivity contribution in [3.8, 4) is 11.5 Å². The summed E-state index contributed by atoms with van der Waals surface area (Å²) in [5, 5.41) is 24.2. The summed E-state index contributed by atoms with van der Waals surface area (Å²) in [6.45, 7) is 1.95. The van der Waals surface area contributed by atoms with Crippen LogP contribution in [0.5, 0.6) is 11.5 Å². The van der Waals surface area contributed by atoms with Gasteiger partial charge in [-0.2, -0.15) is 0 Å². The van der Waals surface area contributed by atoms with Crippen LogP contribution in [-0.2, 0) is 18.3 Å². The Hall–Kier alpha value is -2.57. The number of rotatable bonds is 2. The summed E-state index contributed by atoms with van der Waals surface area (Å²) in [4.78, 5) is 6.01. The molecule has 0 unspecified atom stereocenters. The molecule has 1 spiro atoms. The van der Waals surface area contributed by atoms with Gasteiger partial charge >= 0.3 is 0 Å². The van der Waals surface area contributed by atoms with Gasteiger partial charge in [-0.05, 0) is 73.5 Å². The number of hydrogen-bond donors (Lipinski definition) is 3. The molecule has 2 aromatic carbocycles. The maximum Gasteiger partial charge on any atom is 0.166 e. The molecule has 8 rings (SSSR count). The molecule has 5 nitrogen and oxygen atoms in total. The fraction of sp³-hybridized carbons (Fsp3) is 0.462. The highest BCUT2D eigenvalue weighted by molar-refractivity contribution is 5.86. The second-order valence-corrected chi connectivity index (χ2v) is 10.6. The lowest BCUT2D eigenvalue weighted by molar-refractivity contribution is -0.173. The number of hydrogen-bond acceptors (Lipinski definition) is 4. The molecule has 0 amide bonds. The minimum atomic E-state index is -1.04. The van der Waals surface area contributed by atoms with Gasteiger partial charge in [0.2, 0.25) is 0 Å². The zero-order chi connectivity index (χ0) is 21.4. The van der Waals surface area contributed by atoms with E-state index in [9.17, 15) is 14.6 Å². The molecule has 0 radical (unpaired) electrons. The molecule has 3 N–H and O–H groups in total. The molecule has 3 aliphatic carbocycles. The van der Waals surface area contributed by atoms with Gasteiger partial charge in [-0.25, -0.2) is 4.39 Å². The van der Waals surface area contributed by atoms with Crippen molar-refractivity contribution < 1.29 is 19.3 Å². The number of phenolic OH excluding ortho intramolecular Hbond substituents is 1. The van der Waals surface area contributed by atoms with Gasteiger partial charge in [-0.1, -0.05) is 6.07 Å². The SMILES string of the molecule is Oc1ccc2c3c1O[C@H]1c4[nH]c5ccc(F)cc5c4C[C@@]4(O)[C@@H](C2)N(CC2CC2)CC[C@]314. The Morgan fingerprint density at radius 1 is 1.22 bits per heavy atom. The van der Waals surface area contributed by atoms with Gasteiger partial charge in [0.05, 0.1) is 16.7 Å². The van der Waals surface area contributed by atoms with E-state index in [0.717, 1.165) is 59.6 Å². The van der Waals surface area contributed by atoms with E-state index in [-0.39, 0.29) is 17.6 Å². The third-order valence-corrected chi connectivity index (χ3v) is 9.12.